The third-order valence-corrected chi connectivity index (χ3v) is 5.56. The number of benzene rings is 2. The molecule has 112 valence electrons. The number of methoxy groups -OCH3 is 2. The molecule has 0 spiro atoms. The number of hydrogen-bond donors (Lipinski definition) is 0. The van der Waals surface area contributed by atoms with E-state index in [1.165, 1.54) is 5.56 Å². The minimum absolute atomic E-state index is 0.0432. The van der Waals surface area contributed by atoms with Gasteiger partial charge in [-0.1, -0.05) is 59.9 Å². The van der Waals surface area contributed by atoms with Gasteiger partial charge < -0.3 is 9.47 Å². The number of ether oxygens (including phenoxy) is 2. The average Bonchev–Trinajstić information content (AvgIpc) is 2.46. The second kappa shape index (κ2) is 7.16. The van der Waals surface area contributed by atoms with Gasteiger partial charge in [0.2, 0.25) is 0 Å². The van der Waals surface area contributed by atoms with E-state index >= 15 is 0 Å². The molecule has 0 fully saturated rings. The van der Waals surface area contributed by atoms with Crippen LogP contribution in [0.3, 0.4) is 0 Å². The molecule has 0 N–H and O–H groups in total. The highest BCUT2D eigenvalue weighted by molar-refractivity contribution is 9.11. The minimum atomic E-state index is 0.0432. The maximum Gasteiger partial charge on any atom is 0.161 e. The minimum Gasteiger partial charge on any atom is -0.493 e. The Hall–Kier alpha value is -0.520. The largest absolute Gasteiger partial charge is 0.493 e. The fraction of sp³-hybridized carbons (Fsp3) is 0.250. The van der Waals surface area contributed by atoms with E-state index in [2.05, 4.69) is 72.9 Å². The average molecular weight is 479 g/mol. The quantitative estimate of drug-likeness (QED) is 0.500. The summed E-state index contributed by atoms with van der Waals surface area (Å²) in [4.78, 5) is 0.0432. The van der Waals surface area contributed by atoms with Gasteiger partial charge in [0.05, 0.1) is 19.0 Å². The molecule has 0 aliphatic heterocycles. The van der Waals surface area contributed by atoms with Crippen LogP contribution in [0.5, 0.6) is 11.5 Å². The smallest absolute Gasteiger partial charge is 0.161 e. The van der Waals surface area contributed by atoms with Gasteiger partial charge in [-0.3, -0.25) is 0 Å². The summed E-state index contributed by atoms with van der Waals surface area (Å²) in [7, 11) is 3.27. The lowest BCUT2D eigenvalue weighted by Gasteiger charge is -2.17. The van der Waals surface area contributed by atoms with Crippen LogP contribution in [0.1, 0.15) is 21.5 Å². The first-order valence-electron chi connectivity index (χ1n) is 6.29. The van der Waals surface area contributed by atoms with Gasteiger partial charge in [0.15, 0.2) is 11.5 Å². The van der Waals surface area contributed by atoms with Crippen LogP contribution < -0.4 is 9.47 Å². The van der Waals surface area contributed by atoms with Crippen molar-refractivity contribution in [1.29, 1.82) is 0 Å². The molecule has 2 rings (SSSR count). The summed E-state index contributed by atoms with van der Waals surface area (Å²) in [5.74, 6) is 1.42. The molecule has 0 radical (unpaired) electrons. The molecule has 0 aromatic heterocycles. The lowest BCUT2D eigenvalue weighted by atomic mass is 10.0. The Labute approximate surface area is 150 Å². The van der Waals surface area contributed by atoms with Crippen LogP contribution in [0.4, 0.5) is 0 Å². The van der Waals surface area contributed by atoms with E-state index in [1.54, 1.807) is 14.2 Å². The number of hydrogen-bond acceptors (Lipinski definition) is 2. The van der Waals surface area contributed by atoms with Crippen LogP contribution in [0, 0.1) is 6.92 Å². The zero-order chi connectivity index (χ0) is 15.6. The molecule has 0 saturated carbocycles. The first kappa shape index (κ1) is 16.8. The molecule has 0 saturated heterocycles. The van der Waals surface area contributed by atoms with E-state index in [0.717, 1.165) is 20.1 Å². The van der Waals surface area contributed by atoms with E-state index < -0.39 is 0 Å². The Kier molecular flexibility index (Phi) is 5.74. The summed E-state index contributed by atoms with van der Waals surface area (Å²) in [5, 5.41) is 0. The van der Waals surface area contributed by atoms with Gasteiger partial charge in [-0.05, 0) is 41.8 Å². The van der Waals surface area contributed by atoms with Crippen molar-refractivity contribution in [3.05, 3.63) is 56.0 Å². The molecule has 1 unspecified atom stereocenters. The molecule has 2 nitrogen and oxygen atoms in total. The molecule has 0 aliphatic rings. The van der Waals surface area contributed by atoms with E-state index in [9.17, 15) is 0 Å². The first-order valence-corrected chi connectivity index (χ1v) is 8.79. The van der Waals surface area contributed by atoms with Crippen molar-refractivity contribution in [3.8, 4) is 11.5 Å². The highest BCUT2D eigenvalue weighted by Crippen LogP contribution is 2.43. The topological polar surface area (TPSA) is 18.5 Å². The van der Waals surface area contributed by atoms with Crippen molar-refractivity contribution in [2.24, 2.45) is 0 Å². The van der Waals surface area contributed by atoms with Crippen molar-refractivity contribution in [2.45, 2.75) is 11.8 Å². The Bertz CT molecular complexity index is 656. The Balaban J connectivity index is 2.50. The highest BCUT2D eigenvalue weighted by atomic mass is 79.9. The lowest BCUT2D eigenvalue weighted by Crippen LogP contribution is -1.99. The third-order valence-electron chi connectivity index (χ3n) is 3.20. The standard InChI is InChI=1S/C16H15Br3O2/c1-9-4-5-10(12(17)6-9)16(19)11-7-14(20-2)15(21-3)8-13(11)18/h4-8,16H,1-3H3. The van der Waals surface area contributed by atoms with Crippen LogP contribution in [-0.2, 0) is 0 Å². The van der Waals surface area contributed by atoms with Gasteiger partial charge in [0, 0.05) is 8.95 Å². The molecule has 0 amide bonds. The van der Waals surface area contributed by atoms with Crippen molar-refractivity contribution >= 4 is 47.8 Å². The number of halogens is 3. The normalized spacial score (nSPS) is 12.1. The van der Waals surface area contributed by atoms with E-state index in [-0.39, 0.29) is 4.83 Å². The SMILES string of the molecule is COc1cc(Br)c(C(Br)c2ccc(C)cc2Br)cc1OC. The number of rotatable bonds is 4. The van der Waals surface area contributed by atoms with Gasteiger partial charge in [-0.15, -0.1) is 0 Å². The maximum absolute atomic E-state index is 5.39. The molecule has 0 heterocycles. The van der Waals surface area contributed by atoms with E-state index in [1.807, 2.05) is 12.1 Å². The Morgan fingerprint density at radius 2 is 1.43 bits per heavy atom. The van der Waals surface area contributed by atoms with Crippen LogP contribution in [0.2, 0.25) is 0 Å². The van der Waals surface area contributed by atoms with Gasteiger partial charge in [-0.25, -0.2) is 0 Å². The lowest BCUT2D eigenvalue weighted by molar-refractivity contribution is 0.354. The summed E-state index contributed by atoms with van der Waals surface area (Å²) in [6, 6.07) is 10.2. The van der Waals surface area contributed by atoms with Crippen LogP contribution in [0.15, 0.2) is 39.3 Å². The van der Waals surface area contributed by atoms with E-state index in [0.29, 0.717) is 11.5 Å². The summed E-state index contributed by atoms with van der Waals surface area (Å²) in [5.41, 5.74) is 3.46. The maximum atomic E-state index is 5.39. The second-order valence-electron chi connectivity index (χ2n) is 4.62. The zero-order valence-electron chi connectivity index (χ0n) is 11.9. The van der Waals surface area contributed by atoms with Crippen molar-refractivity contribution in [1.82, 2.24) is 0 Å². The molecule has 21 heavy (non-hydrogen) atoms. The third kappa shape index (κ3) is 3.63. The van der Waals surface area contributed by atoms with Crippen molar-refractivity contribution < 1.29 is 9.47 Å². The van der Waals surface area contributed by atoms with Crippen LogP contribution in [-0.4, -0.2) is 14.2 Å². The predicted octanol–water partition coefficient (Wildman–Crippen LogP) is 6.02. The summed E-state index contributed by atoms with van der Waals surface area (Å²) >= 11 is 11.0. The van der Waals surface area contributed by atoms with Gasteiger partial charge in [0.25, 0.3) is 0 Å². The number of aryl methyl sites for hydroxylation is 1. The van der Waals surface area contributed by atoms with E-state index in [4.69, 9.17) is 9.47 Å². The van der Waals surface area contributed by atoms with Crippen molar-refractivity contribution in [2.75, 3.05) is 14.2 Å². The second-order valence-corrected chi connectivity index (χ2v) is 7.24. The summed E-state index contributed by atoms with van der Waals surface area (Å²) < 4.78 is 12.7. The molecular weight excluding hydrogens is 464 g/mol. The Morgan fingerprint density at radius 3 is 2.00 bits per heavy atom. The Morgan fingerprint density at radius 1 is 0.857 bits per heavy atom. The monoisotopic (exact) mass is 476 g/mol. The van der Waals surface area contributed by atoms with Gasteiger partial charge in [-0.2, -0.15) is 0 Å². The number of alkyl halides is 1. The first-order chi connectivity index (χ1) is 9.97. The van der Waals surface area contributed by atoms with Crippen LogP contribution in [0.25, 0.3) is 0 Å². The molecule has 1 atom stereocenters. The predicted molar refractivity (Wildman–Crippen MR) is 96.9 cm³/mol. The summed E-state index contributed by atoms with van der Waals surface area (Å²) in [6.45, 7) is 2.07. The van der Waals surface area contributed by atoms with Crippen LogP contribution >= 0.6 is 47.8 Å². The summed E-state index contributed by atoms with van der Waals surface area (Å²) in [6.07, 6.45) is 0. The van der Waals surface area contributed by atoms with Crippen molar-refractivity contribution in [3.63, 3.8) is 0 Å². The molecule has 5 heteroatoms. The molecule has 2 aromatic rings. The molecule has 0 aliphatic carbocycles. The van der Waals surface area contributed by atoms with Gasteiger partial charge in [0.1, 0.15) is 0 Å². The fourth-order valence-corrected chi connectivity index (χ4v) is 4.74. The molecular formula is C16H15Br3O2. The zero-order valence-corrected chi connectivity index (χ0v) is 16.7. The fourth-order valence-electron chi connectivity index (χ4n) is 2.07. The molecule has 2 aromatic carbocycles. The van der Waals surface area contributed by atoms with Gasteiger partial charge >= 0.3 is 0 Å². The molecule has 0 bridgehead atoms. The highest BCUT2D eigenvalue weighted by Gasteiger charge is 2.19.